The smallest absolute Gasteiger partial charge is 0.410 e. The number of likely N-dealkylation sites (tertiary alicyclic amines) is 1. The first-order valence-corrected chi connectivity index (χ1v) is 8.18. The molecule has 1 aliphatic heterocycles. The number of phenols is 1. The van der Waals surface area contributed by atoms with Gasteiger partial charge in [0.2, 0.25) is 0 Å². The molecule has 2 rings (SSSR count). The lowest BCUT2D eigenvalue weighted by molar-refractivity contribution is 0.0157. The van der Waals surface area contributed by atoms with Crippen LogP contribution in [0.1, 0.15) is 46.1 Å². The van der Waals surface area contributed by atoms with Crippen molar-refractivity contribution in [3.05, 3.63) is 29.8 Å². The summed E-state index contributed by atoms with van der Waals surface area (Å²) in [6, 6.07) is 7.23. The van der Waals surface area contributed by atoms with Gasteiger partial charge in [-0.2, -0.15) is 0 Å². The molecule has 0 aromatic heterocycles. The molecule has 0 saturated carbocycles. The van der Waals surface area contributed by atoms with Gasteiger partial charge in [-0.3, -0.25) is 0 Å². The Bertz CT molecular complexity index is 526. The van der Waals surface area contributed by atoms with Gasteiger partial charge < -0.3 is 20.1 Å². The van der Waals surface area contributed by atoms with Gasteiger partial charge in [0.1, 0.15) is 11.4 Å². The number of nitrogens with one attached hydrogen (secondary N) is 1. The van der Waals surface area contributed by atoms with Crippen LogP contribution in [-0.4, -0.2) is 40.3 Å². The summed E-state index contributed by atoms with van der Waals surface area (Å²) >= 11 is 0. The molecule has 128 valence electrons. The number of carbonyl (C=O) groups is 1. The molecule has 1 aromatic rings. The van der Waals surface area contributed by atoms with E-state index in [1.807, 2.05) is 32.9 Å². The largest absolute Gasteiger partial charge is 0.508 e. The number of piperidine rings is 1. The fourth-order valence-electron chi connectivity index (χ4n) is 2.62. The quantitative estimate of drug-likeness (QED) is 0.897. The summed E-state index contributed by atoms with van der Waals surface area (Å²) in [5, 5.41) is 12.9. The Kier molecular flexibility index (Phi) is 5.19. The minimum atomic E-state index is -0.449. The number of carbonyl (C=O) groups excluding carboxylic acids is 1. The Morgan fingerprint density at radius 2 is 1.83 bits per heavy atom. The first-order valence-electron chi connectivity index (χ1n) is 8.18. The normalized spacial score (nSPS) is 17.8. The lowest BCUT2D eigenvalue weighted by Crippen LogP contribution is -2.53. The maximum atomic E-state index is 12.1. The molecule has 0 atom stereocenters. The van der Waals surface area contributed by atoms with Crippen molar-refractivity contribution in [3.8, 4) is 5.75 Å². The van der Waals surface area contributed by atoms with Gasteiger partial charge in [-0.25, -0.2) is 4.79 Å². The Morgan fingerprint density at radius 3 is 2.35 bits per heavy atom. The highest BCUT2D eigenvalue weighted by atomic mass is 16.6. The fourth-order valence-corrected chi connectivity index (χ4v) is 2.62. The fraction of sp³-hybridized carbons (Fsp3) is 0.611. The SMILES string of the molecule is CC1(NCc2ccc(O)cc2)CCN(C(=O)OC(C)(C)C)CC1. The summed E-state index contributed by atoms with van der Waals surface area (Å²) in [7, 11) is 0. The minimum Gasteiger partial charge on any atom is -0.508 e. The molecule has 0 radical (unpaired) electrons. The van der Waals surface area contributed by atoms with Crippen molar-refractivity contribution in [1.82, 2.24) is 10.2 Å². The lowest BCUT2D eigenvalue weighted by Gasteiger charge is -2.40. The summed E-state index contributed by atoms with van der Waals surface area (Å²) < 4.78 is 5.43. The molecule has 5 heteroatoms. The Balaban J connectivity index is 1.82. The number of hydrogen-bond donors (Lipinski definition) is 2. The van der Waals surface area contributed by atoms with E-state index in [1.54, 1.807) is 17.0 Å². The summed E-state index contributed by atoms with van der Waals surface area (Å²) in [5.74, 6) is 0.283. The van der Waals surface area contributed by atoms with E-state index in [0.717, 1.165) is 24.9 Å². The number of hydrogen-bond acceptors (Lipinski definition) is 4. The number of aromatic hydroxyl groups is 1. The zero-order valence-corrected chi connectivity index (χ0v) is 14.6. The van der Waals surface area contributed by atoms with Crippen LogP contribution in [0.4, 0.5) is 4.79 Å². The van der Waals surface area contributed by atoms with Gasteiger partial charge in [0.15, 0.2) is 0 Å². The van der Waals surface area contributed by atoms with Crippen LogP contribution in [0.25, 0.3) is 0 Å². The molecule has 1 fully saturated rings. The highest BCUT2D eigenvalue weighted by Crippen LogP contribution is 2.24. The summed E-state index contributed by atoms with van der Waals surface area (Å²) in [5.41, 5.74) is 0.698. The van der Waals surface area contributed by atoms with E-state index in [-0.39, 0.29) is 17.4 Å². The average Bonchev–Trinajstić information content (AvgIpc) is 2.46. The Labute approximate surface area is 138 Å². The van der Waals surface area contributed by atoms with E-state index in [9.17, 15) is 9.90 Å². The van der Waals surface area contributed by atoms with Gasteiger partial charge >= 0.3 is 6.09 Å². The number of amides is 1. The van der Waals surface area contributed by atoms with E-state index >= 15 is 0 Å². The van der Waals surface area contributed by atoms with E-state index in [1.165, 1.54) is 0 Å². The van der Waals surface area contributed by atoms with E-state index in [2.05, 4.69) is 12.2 Å². The van der Waals surface area contributed by atoms with Crippen molar-refractivity contribution in [2.75, 3.05) is 13.1 Å². The molecule has 0 spiro atoms. The number of phenolic OH excluding ortho intramolecular Hbond substituents is 1. The number of nitrogens with zero attached hydrogens (tertiary/aromatic N) is 1. The van der Waals surface area contributed by atoms with Gasteiger partial charge in [0, 0.05) is 25.2 Å². The van der Waals surface area contributed by atoms with Gasteiger partial charge in [-0.05, 0) is 58.2 Å². The highest BCUT2D eigenvalue weighted by Gasteiger charge is 2.33. The number of rotatable bonds is 3. The van der Waals surface area contributed by atoms with Crippen molar-refractivity contribution in [3.63, 3.8) is 0 Å². The standard InChI is InChI=1S/C18H28N2O3/c1-17(2,3)23-16(22)20-11-9-18(4,10-12-20)19-13-14-5-7-15(21)8-6-14/h5-8,19,21H,9-13H2,1-4H3. The van der Waals surface area contributed by atoms with Crippen LogP contribution >= 0.6 is 0 Å². The number of benzene rings is 1. The average molecular weight is 320 g/mol. The predicted molar refractivity (Wildman–Crippen MR) is 90.4 cm³/mol. The molecule has 1 amide bonds. The predicted octanol–water partition coefficient (Wildman–Crippen LogP) is 3.27. The zero-order chi connectivity index (χ0) is 17.1. The molecule has 0 bridgehead atoms. The molecule has 5 nitrogen and oxygen atoms in total. The topological polar surface area (TPSA) is 61.8 Å². The third-order valence-electron chi connectivity index (χ3n) is 4.17. The second-order valence-corrected chi connectivity index (χ2v) is 7.55. The van der Waals surface area contributed by atoms with E-state index in [4.69, 9.17) is 4.74 Å². The molecule has 1 aliphatic rings. The number of ether oxygens (including phenoxy) is 1. The maximum absolute atomic E-state index is 12.1. The zero-order valence-electron chi connectivity index (χ0n) is 14.6. The van der Waals surface area contributed by atoms with Crippen LogP contribution in [-0.2, 0) is 11.3 Å². The molecule has 1 aromatic carbocycles. The molecule has 1 saturated heterocycles. The van der Waals surface area contributed by atoms with Crippen molar-refractivity contribution < 1.29 is 14.6 Å². The van der Waals surface area contributed by atoms with Crippen LogP contribution in [0.3, 0.4) is 0 Å². The van der Waals surface area contributed by atoms with Crippen molar-refractivity contribution in [2.45, 2.75) is 58.2 Å². The lowest BCUT2D eigenvalue weighted by atomic mass is 9.89. The highest BCUT2D eigenvalue weighted by molar-refractivity contribution is 5.68. The molecular formula is C18H28N2O3. The summed E-state index contributed by atoms with van der Waals surface area (Å²) in [6.07, 6.45) is 1.56. The van der Waals surface area contributed by atoms with Crippen LogP contribution in [0, 0.1) is 0 Å². The second-order valence-electron chi connectivity index (χ2n) is 7.55. The van der Waals surface area contributed by atoms with Crippen molar-refractivity contribution in [2.24, 2.45) is 0 Å². The van der Waals surface area contributed by atoms with Gasteiger partial charge in [-0.1, -0.05) is 12.1 Å². The summed E-state index contributed by atoms with van der Waals surface area (Å²) in [6.45, 7) is 10.0. The van der Waals surface area contributed by atoms with E-state index in [0.29, 0.717) is 13.1 Å². The third kappa shape index (κ3) is 5.43. The van der Waals surface area contributed by atoms with Crippen LogP contribution in [0.15, 0.2) is 24.3 Å². The van der Waals surface area contributed by atoms with Gasteiger partial charge in [0.05, 0.1) is 0 Å². The Morgan fingerprint density at radius 1 is 1.26 bits per heavy atom. The molecule has 0 aliphatic carbocycles. The first kappa shape index (κ1) is 17.6. The monoisotopic (exact) mass is 320 g/mol. The van der Waals surface area contributed by atoms with Crippen molar-refractivity contribution in [1.29, 1.82) is 0 Å². The van der Waals surface area contributed by atoms with Crippen LogP contribution < -0.4 is 5.32 Å². The molecule has 1 heterocycles. The van der Waals surface area contributed by atoms with Gasteiger partial charge in [-0.15, -0.1) is 0 Å². The summed E-state index contributed by atoms with van der Waals surface area (Å²) in [4.78, 5) is 13.9. The molecule has 0 unspecified atom stereocenters. The minimum absolute atomic E-state index is 0.0103. The van der Waals surface area contributed by atoms with E-state index < -0.39 is 5.60 Å². The Hall–Kier alpha value is -1.75. The maximum Gasteiger partial charge on any atom is 0.410 e. The van der Waals surface area contributed by atoms with Crippen molar-refractivity contribution >= 4 is 6.09 Å². The van der Waals surface area contributed by atoms with Gasteiger partial charge in [0.25, 0.3) is 0 Å². The second kappa shape index (κ2) is 6.79. The van der Waals surface area contributed by atoms with Crippen LogP contribution in [0.5, 0.6) is 5.75 Å². The third-order valence-corrected chi connectivity index (χ3v) is 4.17. The molecule has 23 heavy (non-hydrogen) atoms. The molecular weight excluding hydrogens is 292 g/mol. The molecule has 2 N–H and O–H groups in total. The first-order chi connectivity index (χ1) is 10.7. The van der Waals surface area contributed by atoms with Crippen LogP contribution in [0.2, 0.25) is 0 Å².